The van der Waals surface area contributed by atoms with Crippen molar-refractivity contribution < 1.29 is 23.9 Å². The first kappa shape index (κ1) is 22.7. The molecule has 0 aliphatic carbocycles. The number of halogens is 2. The van der Waals surface area contributed by atoms with Gasteiger partial charge in [0.2, 0.25) is 0 Å². The fourth-order valence-corrected chi connectivity index (χ4v) is 3.93. The van der Waals surface area contributed by atoms with Crippen molar-refractivity contribution in [2.24, 2.45) is 0 Å². The normalized spacial score (nSPS) is 16.8. The van der Waals surface area contributed by atoms with E-state index < -0.39 is 23.6 Å². The van der Waals surface area contributed by atoms with E-state index in [0.717, 1.165) is 5.01 Å². The molecule has 1 unspecified atom stereocenters. The fraction of sp³-hybridized carbons (Fsp3) is 0.286. The Morgan fingerprint density at radius 3 is 2.48 bits per heavy atom. The van der Waals surface area contributed by atoms with Crippen LogP contribution in [0, 0.1) is 0 Å². The SMILES string of the molecule is CCOC(=O)NN(C(=O)OCC)C1(Cc2ccc(Cl)cc2Cl)C(=O)Nc2ccccc21. The van der Waals surface area contributed by atoms with E-state index in [4.69, 9.17) is 32.7 Å². The van der Waals surface area contributed by atoms with Crippen molar-refractivity contribution in [1.29, 1.82) is 0 Å². The Bertz CT molecular complexity index is 1020. The first-order valence-corrected chi connectivity index (χ1v) is 10.3. The summed E-state index contributed by atoms with van der Waals surface area (Å²) in [5.74, 6) is -0.537. The molecular weight excluding hydrogens is 445 g/mol. The van der Waals surface area contributed by atoms with Gasteiger partial charge in [0.25, 0.3) is 5.91 Å². The Morgan fingerprint density at radius 2 is 1.81 bits per heavy atom. The third kappa shape index (κ3) is 4.40. The van der Waals surface area contributed by atoms with Crippen molar-refractivity contribution in [2.45, 2.75) is 25.8 Å². The number of ether oxygens (including phenoxy) is 2. The topological polar surface area (TPSA) is 97.0 Å². The number of amides is 3. The van der Waals surface area contributed by atoms with Crippen molar-refractivity contribution in [3.8, 4) is 0 Å². The molecule has 31 heavy (non-hydrogen) atoms. The van der Waals surface area contributed by atoms with Gasteiger partial charge in [-0.2, -0.15) is 5.01 Å². The maximum absolute atomic E-state index is 13.4. The summed E-state index contributed by atoms with van der Waals surface area (Å²) in [7, 11) is 0. The second-order valence-corrected chi connectivity index (χ2v) is 7.48. The molecule has 2 aromatic rings. The number of hydrogen-bond acceptors (Lipinski definition) is 5. The molecule has 1 atom stereocenters. The van der Waals surface area contributed by atoms with Gasteiger partial charge in [-0.15, -0.1) is 0 Å². The minimum absolute atomic E-state index is 0.0287. The molecule has 0 saturated carbocycles. The van der Waals surface area contributed by atoms with E-state index in [1.54, 1.807) is 56.3 Å². The summed E-state index contributed by atoms with van der Waals surface area (Å²) >= 11 is 12.4. The summed E-state index contributed by atoms with van der Waals surface area (Å²) in [5.41, 5.74) is 2.19. The summed E-state index contributed by atoms with van der Waals surface area (Å²) in [5, 5.41) is 4.37. The lowest BCUT2D eigenvalue weighted by atomic mass is 9.84. The van der Waals surface area contributed by atoms with Crippen LogP contribution in [0.2, 0.25) is 10.0 Å². The van der Waals surface area contributed by atoms with Crippen LogP contribution in [0.25, 0.3) is 0 Å². The van der Waals surface area contributed by atoms with Gasteiger partial charge in [0, 0.05) is 27.7 Å². The lowest BCUT2D eigenvalue weighted by molar-refractivity contribution is -0.128. The number of fused-ring (bicyclic) bond motifs is 1. The molecule has 0 saturated heterocycles. The van der Waals surface area contributed by atoms with Crippen molar-refractivity contribution >= 4 is 47.0 Å². The van der Waals surface area contributed by atoms with Gasteiger partial charge < -0.3 is 14.8 Å². The third-order valence-corrected chi connectivity index (χ3v) is 5.36. The van der Waals surface area contributed by atoms with Gasteiger partial charge in [-0.1, -0.05) is 47.5 Å². The Labute approximate surface area is 189 Å². The second-order valence-electron chi connectivity index (χ2n) is 6.64. The van der Waals surface area contributed by atoms with Gasteiger partial charge in [0.1, 0.15) is 0 Å². The lowest BCUT2D eigenvalue weighted by Gasteiger charge is -2.38. The molecule has 8 nitrogen and oxygen atoms in total. The van der Waals surface area contributed by atoms with Gasteiger partial charge in [0.05, 0.1) is 13.2 Å². The van der Waals surface area contributed by atoms with Crippen molar-refractivity contribution in [1.82, 2.24) is 10.4 Å². The minimum Gasteiger partial charge on any atom is -0.449 e. The number of anilines is 1. The zero-order valence-corrected chi connectivity index (χ0v) is 18.4. The smallest absolute Gasteiger partial charge is 0.430 e. The Hall–Kier alpha value is -2.97. The molecule has 1 aliphatic heterocycles. The average molecular weight is 466 g/mol. The van der Waals surface area contributed by atoms with Crippen LogP contribution in [0.15, 0.2) is 42.5 Å². The fourth-order valence-electron chi connectivity index (χ4n) is 3.46. The number of hydrogen-bond donors (Lipinski definition) is 2. The van der Waals surface area contributed by atoms with Crippen molar-refractivity contribution in [3.05, 3.63) is 63.6 Å². The van der Waals surface area contributed by atoms with E-state index >= 15 is 0 Å². The maximum Gasteiger partial charge on any atom is 0.430 e. The molecule has 3 rings (SSSR count). The highest BCUT2D eigenvalue weighted by Crippen LogP contribution is 2.43. The number of para-hydroxylation sites is 1. The molecule has 0 radical (unpaired) electrons. The molecule has 2 N–H and O–H groups in total. The van der Waals surface area contributed by atoms with Gasteiger partial charge in [-0.3, -0.25) is 4.79 Å². The number of benzene rings is 2. The first-order valence-electron chi connectivity index (χ1n) is 9.58. The second kappa shape index (κ2) is 9.45. The summed E-state index contributed by atoms with van der Waals surface area (Å²) in [6.07, 6.45) is -1.89. The van der Waals surface area contributed by atoms with Crippen LogP contribution in [0.4, 0.5) is 15.3 Å². The standard InChI is InChI=1S/C21H21Cl2N3O5/c1-3-30-19(28)25-26(20(29)31-4-2)21(12-13-9-10-14(22)11-16(13)23)15-7-5-6-8-17(15)24-18(21)27/h5-11H,3-4,12H2,1-2H3,(H,24,27)(H,25,28). The van der Waals surface area contributed by atoms with Gasteiger partial charge in [-0.25, -0.2) is 15.0 Å². The predicted molar refractivity (Wildman–Crippen MR) is 116 cm³/mol. The first-order chi connectivity index (χ1) is 14.8. The summed E-state index contributed by atoms with van der Waals surface area (Å²) < 4.78 is 10.1. The molecule has 164 valence electrons. The van der Waals surface area contributed by atoms with Crippen molar-refractivity contribution in [2.75, 3.05) is 18.5 Å². The van der Waals surface area contributed by atoms with E-state index in [-0.39, 0.29) is 19.6 Å². The number of rotatable bonds is 5. The molecule has 10 heteroatoms. The largest absolute Gasteiger partial charge is 0.449 e. The number of carbonyl (C=O) groups is 3. The number of nitrogens with zero attached hydrogens (tertiary/aromatic N) is 1. The van der Waals surface area contributed by atoms with Crippen LogP contribution in [0.3, 0.4) is 0 Å². The van der Waals surface area contributed by atoms with E-state index in [1.165, 1.54) is 0 Å². The minimum atomic E-state index is -1.69. The molecule has 1 aliphatic rings. The van der Waals surface area contributed by atoms with Crippen LogP contribution in [-0.4, -0.2) is 36.3 Å². The Balaban J connectivity index is 2.19. The van der Waals surface area contributed by atoms with Crippen LogP contribution < -0.4 is 10.7 Å². The quantitative estimate of drug-likeness (QED) is 0.633. The van der Waals surface area contributed by atoms with Crippen molar-refractivity contribution in [3.63, 3.8) is 0 Å². The summed E-state index contributed by atoms with van der Waals surface area (Å²) in [6.45, 7) is 3.34. The van der Waals surface area contributed by atoms with Crippen LogP contribution in [0.1, 0.15) is 25.0 Å². The van der Waals surface area contributed by atoms with E-state index in [0.29, 0.717) is 26.9 Å². The molecule has 0 bridgehead atoms. The van der Waals surface area contributed by atoms with Gasteiger partial charge in [0.15, 0.2) is 5.54 Å². The molecule has 1 heterocycles. The highest BCUT2D eigenvalue weighted by atomic mass is 35.5. The molecule has 0 fully saturated rings. The van der Waals surface area contributed by atoms with Gasteiger partial charge in [-0.05, 0) is 37.6 Å². The van der Waals surface area contributed by atoms with E-state index in [1.807, 2.05) is 0 Å². The van der Waals surface area contributed by atoms with Crippen LogP contribution in [0.5, 0.6) is 0 Å². The molecular formula is C21H21Cl2N3O5. The van der Waals surface area contributed by atoms with Gasteiger partial charge >= 0.3 is 12.2 Å². The highest BCUT2D eigenvalue weighted by molar-refractivity contribution is 6.35. The molecule has 2 aromatic carbocycles. The maximum atomic E-state index is 13.4. The lowest BCUT2D eigenvalue weighted by Crippen LogP contribution is -2.62. The van der Waals surface area contributed by atoms with Crippen LogP contribution in [-0.2, 0) is 26.2 Å². The third-order valence-electron chi connectivity index (χ3n) is 4.77. The number of nitrogens with one attached hydrogen (secondary N) is 2. The predicted octanol–water partition coefficient (Wildman–Crippen LogP) is 4.50. The van der Waals surface area contributed by atoms with E-state index in [9.17, 15) is 14.4 Å². The molecule has 3 amide bonds. The van der Waals surface area contributed by atoms with E-state index in [2.05, 4.69) is 10.7 Å². The Morgan fingerprint density at radius 1 is 1.10 bits per heavy atom. The summed E-state index contributed by atoms with van der Waals surface area (Å²) in [4.78, 5) is 38.6. The van der Waals surface area contributed by atoms with Crippen LogP contribution >= 0.6 is 23.2 Å². The molecule has 0 spiro atoms. The zero-order valence-electron chi connectivity index (χ0n) is 16.9. The monoisotopic (exact) mass is 465 g/mol. The number of hydrazine groups is 1. The zero-order chi connectivity index (χ0) is 22.6. The Kier molecular flexibility index (Phi) is 6.92. The average Bonchev–Trinajstić information content (AvgIpc) is 3.00. The molecule has 0 aromatic heterocycles. The number of carbonyl (C=O) groups excluding carboxylic acids is 3. The summed E-state index contributed by atoms with van der Waals surface area (Å²) in [6, 6.07) is 11.7. The highest BCUT2D eigenvalue weighted by Gasteiger charge is 2.55.